The van der Waals surface area contributed by atoms with Crippen LogP contribution in [0.3, 0.4) is 0 Å². The lowest BCUT2D eigenvalue weighted by Gasteiger charge is -2.23. The Bertz CT molecular complexity index is 646. The molecule has 0 fully saturated rings. The van der Waals surface area contributed by atoms with Crippen molar-refractivity contribution in [3.05, 3.63) is 29.8 Å². The van der Waals surface area contributed by atoms with E-state index in [1.807, 2.05) is 19.9 Å². The zero-order valence-corrected chi connectivity index (χ0v) is 13.1. The van der Waals surface area contributed by atoms with Gasteiger partial charge in [-0.2, -0.15) is 9.98 Å². The fourth-order valence-corrected chi connectivity index (χ4v) is 3.30. The molecule has 0 aliphatic rings. The molecule has 21 heavy (non-hydrogen) atoms. The zero-order chi connectivity index (χ0) is 16.0. The molecule has 0 aromatic heterocycles. The summed E-state index contributed by atoms with van der Waals surface area (Å²) in [5.41, 5.74) is 0.0486. The minimum Gasteiger partial charge on any atom is -0.342 e. The van der Waals surface area contributed by atoms with Gasteiger partial charge in [0.05, 0.1) is 16.5 Å². The number of nitriles is 1. The van der Waals surface area contributed by atoms with Gasteiger partial charge in [0.1, 0.15) is 6.07 Å². The van der Waals surface area contributed by atoms with E-state index in [9.17, 15) is 13.2 Å². The van der Waals surface area contributed by atoms with Crippen LogP contribution in [0.5, 0.6) is 0 Å². The molecule has 0 spiro atoms. The van der Waals surface area contributed by atoms with Crippen molar-refractivity contribution in [2.75, 3.05) is 13.1 Å². The largest absolute Gasteiger partial charge is 0.342 e. The van der Waals surface area contributed by atoms with E-state index < -0.39 is 16.1 Å². The van der Waals surface area contributed by atoms with Crippen molar-refractivity contribution >= 4 is 15.9 Å². The molecule has 7 heteroatoms. The lowest BCUT2D eigenvalue weighted by atomic mass is 10.2. The van der Waals surface area contributed by atoms with Crippen molar-refractivity contribution in [1.82, 2.24) is 9.62 Å². The van der Waals surface area contributed by atoms with Crippen molar-refractivity contribution in [2.24, 2.45) is 0 Å². The quantitative estimate of drug-likeness (QED) is 0.851. The molecule has 1 aromatic rings. The first-order valence-electron chi connectivity index (χ1n) is 6.67. The number of amides is 1. The van der Waals surface area contributed by atoms with Crippen molar-refractivity contribution in [3.8, 4) is 6.07 Å². The van der Waals surface area contributed by atoms with E-state index in [0.717, 1.165) is 0 Å². The van der Waals surface area contributed by atoms with Gasteiger partial charge in [0, 0.05) is 13.1 Å². The van der Waals surface area contributed by atoms with Gasteiger partial charge in [-0.3, -0.25) is 4.79 Å². The summed E-state index contributed by atoms with van der Waals surface area (Å²) in [7, 11) is -3.92. The van der Waals surface area contributed by atoms with Crippen molar-refractivity contribution in [2.45, 2.75) is 31.7 Å². The first kappa shape index (κ1) is 17.1. The molecule has 0 bridgehead atoms. The monoisotopic (exact) mass is 309 g/mol. The standard InChI is InChI=1S/C14H19N3O3S/c1-4-17(5-2)14(18)11(3)16-21(19,20)13-9-7-6-8-12(13)10-15/h6-9,11,16H,4-5H2,1-3H3. The van der Waals surface area contributed by atoms with Crippen molar-refractivity contribution in [1.29, 1.82) is 5.26 Å². The second kappa shape index (κ2) is 7.20. The SMILES string of the molecule is CCN(CC)C(=O)C(C)NS(=O)(=O)c1ccccc1C#N. The summed E-state index contributed by atoms with van der Waals surface area (Å²) in [5, 5.41) is 8.97. The molecule has 1 rings (SSSR count). The Hall–Kier alpha value is -1.91. The van der Waals surface area contributed by atoms with E-state index in [4.69, 9.17) is 5.26 Å². The number of likely N-dealkylation sites (N-methyl/N-ethyl adjacent to an activating group) is 1. The molecule has 1 aromatic carbocycles. The van der Waals surface area contributed by atoms with Crippen LogP contribution >= 0.6 is 0 Å². The van der Waals surface area contributed by atoms with Crippen molar-refractivity contribution < 1.29 is 13.2 Å². The Balaban J connectivity index is 3.01. The number of sulfonamides is 1. The van der Waals surface area contributed by atoms with Crippen molar-refractivity contribution in [3.63, 3.8) is 0 Å². The average molecular weight is 309 g/mol. The van der Waals surface area contributed by atoms with E-state index in [1.165, 1.54) is 25.1 Å². The summed E-state index contributed by atoms with van der Waals surface area (Å²) < 4.78 is 26.9. The molecule has 114 valence electrons. The Morgan fingerprint density at radius 1 is 1.33 bits per heavy atom. The third kappa shape index (κ3) is 4.03. The summed E-state index contributed by atoms with van der Waals surface area (Å²) in [5.74, 6) is -0.294. The number of hydrogen-bond donors (Lipinski definition) is 1. The first-order chi connectivity index (χ1) is 9.87. The predicted octanol–water partition coefficient (Wildman–Crippen LogP) is 1.09. The Morgan fingerprint density at radius 3 is 2.43 bits per heavy atom. The highest BCUT2D eigenvalue weighted by molar-refractivity contribution is 7.89. The highest BCUT2D eigenvalue weighted by Crippen LogP contribution is 2.14. The maximum Gasteiger partial charge on any atom is 0.242 e. The van der Waals surface area contributed by atoms with Crippen LogP contribution in [0.25, 0.3) is 0 Å². The summed E-state index contributed by atoms with van der Waals surface area (Å²) in [6.07, 6.45) is 0. The fraction of sp³-hybridized carbons (Fsp3) is 0.429. The number of hydrogen-bond acceptors (Lipinski definition) is 4. The molecule has 0 aliphatic heterocycles. The number of nitrogens with one attached hydrogen (secondary N) is 1. The first-order valence-corrected chi connectivity index (χ1v) is 8.15. The number of rotatable bonds is 6. The van der Waals surface area contributed by atoms with Crippen LogP contribution in [-0.4, -0.2) is 38.4 Å². The van der Waals surface area contributed by atoms with Gasteiger partial charge in [0.25, 0.3) is 0 Å². The second-order valence-electron chi connectivity index (χ2n) is 4.46. The zero-order valence-electron chi connectivity index (χ0n) is 12.3. The number of carbonyl (C=O) groups is 1. The third-order valence-corrected chi connectivity index (χ3v) is 4.67. The van der Waals surface area contributed by atoms with Gasteiger partial charge in [-0.05, 0) is 32.9 Å². The molecule has 0 saturated heterocycles. The van der Waals surface area contributed by atoms with Gasteiger partial charge in [0.2, 0.25) is 15.9 Å². The van der Waals surface area contributed by atoms with Gasteiger partial charge < -0.3 is 4.90 Å². The second-order valence-corrected chi connectivity index (χ2v) is 6.14. The van der Waals surface area contributed by atoms with Crippen LogP contribution in [0.1, 0.15) is 26.3 Å². The normalized spacial score (nSPS) is 12.5. The highest BCUT2D eigenvalue weighted by Gasteiger charge is 2.26. The maximum absolute atomic E-state index is 12.3. The third-order valence-electron chi connectivity index (χ3n) is 3.07. The van der Waals surface area contributed by atoms with Gasteiger partial charge in [-0.15, -0.1) is 0 Å². The maximum atomic E-state index is 12.3. The Labute approximate surface area is 125 Å². The van der Waals surface area contributed by atoms with E-state index in [0.29, 0.717) is 13.1 Å². The minimum absolute atomic E-state index is 0.0486. The van der Waals surface area contributed by atoms with E-state index in [2.05, 4.69) is 4.72 Å². The van der Waals surface area contributed by atoms with Gasteiger partial charge in [-0.1, -0.05) is 12.1 Å². The van der Waals surface area contributed by atoms with E-state index in [-0.39, 0.29) is 16.4 Å². The molecule has 1 N–H and O–H groups in total. The van der Waals surface area contributed by atoms with Gasteiger partial charge in [-0.25, -0.2) is 8.42 Å². The van der Waals surface area contributed by atoms with Crippen LogP contribution in [0.15, 0.2) is 29.2 Å². The van der Waals surface area contributed by atoms with Gasteiger partial charge in [0.15, 0.2) is 0 Å². The number of nitrogens with zero attached hydrogens (tertiary/aromatic N) is 2. The summed E-state index contributed by atoms with van der Waals surface area (Å²) in [6.45, 7) is 6.17. The molecule has 1 amide bonds. The molecule has 1 unspecified atom stereocenters. The average Bonchev–Trinajstić information content (AvgIpc) is 2.47. The fourth-order valence-electron chi connectivity index (χ4n) is 1.95. The van der Waals surface area contributed by atoms with Crippen LogP contribution in [0, 0.1) is 11.3 Å². The molecular weight excluding hydrogens is 290 g/mol. The molecule has 0 heterocycles. The van der Waals surface area contributed by atoms with E-state index in [1.54, 1.807) is 11.0 Å². The summed E-state index contributed by atoms with van der Waals surface area (Å²) in [4.78, 5) is 13.5. The Morgan fingerprint density at radius 2 is 1.90 bits per heavy atom. The molecule has 0 saturated carbocycles. The molecule has 1 atom stereocenters. The topological polar surface area (TPSA) is 90.3 Å². The molecule has 0 aliphatic carbocycles. The molecular formula is C14H19N3O3S. The molecule has 0 radical (unpaired) electrons. The smallest absolute Gasteiger partial charge is 0.242 e. The van der Waals surface area contributed by atoms with Crippen LogP contribution in [0.2, 0.25) is 0 Å². The number of benzene rings is 1. The minimum atomic E-state index is -3.92. The molecule has 6 nitrogen and oxygen atoms in total. The van der Waals surface area contributed by atoms with Crippen LogP contribution in [-0.2, 0) is 14.8 Å². The predicted molar refractivity (Wildman–Crippen MR) is 78.9 cm³/mol. The van der Waals surface area contributed by atoms with Gasteiger partial charge >= 0.3 is 0 Å². The van der Waals surface area contributed by atoms with Crippen LogP contribution in [0.4, 0.5) is 0 Å². The summed E-state index contributed by atoms with van der Waals surface area (Å²) >= 11 is 0. The van der Waals surface area contributed by atoms with E-state index >= 15 is 0 Å². The Kier molecular flexibility index (Phi) is 5.88. The highest BCUT2D eigenvalue weighted by atomic mass is 32.2. The van der Waals surface area contributed by atoms with Crippen LogP contribution < -0.4 is 4.72 Å². The lowest BCUT2D eigenvalue weighted by molar-refractivity contribution is -0.132. The summed E-state index contributed by atoms with van der Waals surface area (Å²) in [6, 6.07) is 6.83. The number of carbonyl (C=O) groups excluding carboxylic acids is 1. The lowest BCUT2D eigenvalue weighted by Crippen LogP contribution is -2.46.